The number of benzene rings is 1. The van der Waals surface area contributed by atoms with E-state index in [2.05, 4.69) is 22.0 Å². The van der Waals surface area contributed by atoms with Crippen molar-refractivity contribution in [2.45, 2.75) is 47.5 Å². The average molecular weight is 450 g/mol. The highest BCUT2D eigenvalue weighted by Crippen LogP contribution is 2.30. The van der Waals surface area contributed by atoms with Crippen LogP contribution in [-0.4, -0.2) is 70.1 Å². The summed E-state index contributed by atoms with van der Waals surface area (Å²) in [5.41, 5.74) is 0. The minimum atomic E-state index is -3.49. The van der Waals surface area contributed by atoms with Crippen molar-refractivity contribution in [3.63, 3.8) is 0 Å². The first-order valence-electron chi connectivity index (χ1n) is 10.6. The number of sulfone groups is 1. The molecule has 3 heterocycles. The van der Waals surface area contributed by atoms with Crippen LogP contribution in [0.5, 0.6) is 5.75 Å². The van der Waals surface area contributed by atoms with Gasteiger partial charge >= 0.3 is 0 Å². The Morgan fingerprint density at radius 2 is 1.83 bits per heavy atom. The number of ether oxygens (including phenoxy) is 1. The molecule has 1 aromatic heterocycles. The summed E-state index contributed by atoms with van der Waals surface area (Å²) in [6.07, 6.45) is 2.48. The Labute approximate surface area is 183 Å². The van der Waals surface area contributed by atoms with Crippen molar-refractivity contribution in [1.29, 1.82) is 0 Å². The van der Waals surface area contributed by atoms with E-state index in [-0.39, 0.29) is 0 Å². The first-order chi connectivity index (χ1) is 14.5. The fourth-order valence-corrected chi connectivity index (χ4v) is 7.20. The molecular formula is C22H31N3O3S2. The lowest BCUT2D eigenvalue weighted by Gasteiger charge is -2.44. The molecule has 0 amide bonds. The molecule has 30 heavy (non-hydrogen) atoms. The van der Waals surface area contributed by atoms with Gasteiger partial charge in [-0.1, -0.05) is 0 Å². The second kappa shape index (κ2) is 9.36. The largest absolute Gasteiger partial charge is 0.497 e. The Hall–Kier alpha value is -1.45. The molecule has 1 aromatic carbocycles. The third-order valence-corrected chi connectivity index (χ3v) is 9.58. The molecular weight excluding hydrogens is 418 g/mol. The zero-order chi connectivity index (χ0) is 21.1. The van der Waals surface area contributed by atoms with Gasteiger partial charge in [-0.15, -0.1) is 11.3 Å². The number of nitrogens with zero attached hydrogens (tertiary/aromatic N) is 2. The number of rotatable bonds is 6. The zero-order valence-corrected chi connectivity index (χ0v) is 19.3. The Balaban J connectivity index is 1.39. The fraction of sp³-hybridized carbons (Fsp3) is 0.545. The molecule has 8 heteroatoms. The lowest BCUT2D eigenvalue weighted by molar-refractivity contribution is 0.0418. The van der Waals surface area contributed by atoms with Crippen LogP contribution >= 0.6 is 11.3 Å². The molecule has 0 saturated carbocycles. The van der Waals surface area contributed by atoms with E-state index in [0.29, 0.717) is 26.9 Å². The van der Waals surface area contributed by atoms with Gasteiger partial charge in [-0.05, 0) is 69.3 Å². The van der Waals surface area contributed by atoms with Crippen molar-refractivity contribution in [2.75, 3.05) is 39.8 Å². The lowest BCUT2D eigenvalue weighted by Crippen LogP contribution is -2.56. The summed E-state index contributed by atoms with van der Waals surface area (Å²) in [5.74, 6) is 0.651. The van der Waals surface area contributed by atoms with E-state index in [0.717, 1.165) is 44.1 Å². The molecule has 2 fully saturated rings. The highest BCUT2D eigenvalue weighted by Gasteiger charge is 2.29. The van der Waals surface area contributed by atoms with E-state index < -0.39 is 9.84 Å². The van der Waals surface area contributed by atoms with Crippen molar-refractivity contribution in [3.05, 3.63) is 41.3 Å². The van der Waals surface area contributed by atoms with Crippen LogP contribution in [0.1, 0.15) is 24.6 Å². The SMILES string of the molecule is COc1ccc(S(=O)(=O)c2ccc(CN3CCN(C4CCNCC4)C[C@H]3C)s2)cc1. The van der Waals surface area contributed by atoms with Gasteiger partial charge in [-0.3, -0.25) is 9.80 Å². The molecule has 2 saturated heterocycles. The van der Waals surface area contributed by atoms with Gasteiger partial charge in [-0.25, -0.2) is 8.42 Å². The van der Waals surface area contributed by atoms with Crippen molar-refractivity contribution in [1.82, 2.24) is 15.1 Å². The molecule has 2 aliphatic heterocycles. The molecule has 164 valence electrons. The predicted octanol–water partition coefficient (Wildman–Crippen LogP) is 2.85. The van der Waals surface area contributed by atoms with E-state index in [4.69, 9.17) is 4.74 Å². The van der Waals surface area contributed by atoms with E-state index in [1.54, 1.807) is 37.4 Å². The molecule has 0 unspecified atom stereocenters. The molecule has 2 aromatic rings. The number of methoxy groups -OCH3 is 1. The second-order valence-corrected chi connectivity index (χ2v) is 11.5. The van der Waals surface area contributed by atoms with Gasteiger partial charge in [0.15, 0.2) is 0 Å². The standard InChI is InChI=1S/C22H31N3O3S2/c1-17-15-25(18-9-11-23-12-10-18)14-13-24(17)16-20-5-8-22(29-20)30(26,27)21-6-3-19(28-2)4-7-21/h3-8,17-18,23H,9-16H2,1-2H3/t17-/m1/s1. The molecule has 4 rings (SSSR count). The molecule has 0 aliphatic carbocycles. The van der Waals surface area contributed by atoms with E-state index in [1.165, 1.54) is 24.2 Å². The van der Waals surface area contributed by atoms with Crippen LogP contribution in [0.2, 0.25) is 0 Å². The second-order valence-electron chi connectivity index (χ2n) is 8.20. The summed E-state index contributed by atoms with van der Waals surface area (Å²) in [6, 6.07) is 11.5. The summed E-state index contributed by atoms with van der Waals surface area (Å²) in [7, 11) is -1.92. The summed E-state index contributed by atoms with van der Waals surface area (Å²) >= 11 is 1.39. The molecule has 0 spiro atoms. The van der Waals surface area contributed by atoms with Crippen molar-refractivity contribution in [2.24, 2.45) is 0 Å². The number of hydrogen-bond donors (Lipinski definition) is 1. The molecule has 1 N–H and O–H groups in total. The minimum Gasteiger partial charge on any atom is -0.497 e. The van der Waals surface area contributed by atoms with Gasteiger partial charge in [0, 0.05) is 43.1 Å². The van der Waals surface area contributed by atoms with Crippen LogP contribution in [0.25, 0.3) is 0 Å². The molecule has 1 atom stereocenters. The van der Waals surface area contributed by atoms with Crippen LogP contribution < -0.4 is 10.1 Å². The van der Waals surface area contributed by atoms with Crippen molar-refractivity contribution >= 4 is 21.2 Å². The Bertz CT molecular complexity index is 937. The van der Waals surface area contributed by atoms with Gasteiger partial charge in [-0.2, -0.15) is 0 Å². The molecule has 6 nitrogen and oxygen atoms in total. The van der Waals surface area contributed by atoms with Gasteiger partial charge in [0.05, 0.1) is 12.0 Å². The maximum Gasteiger partial charge on any atom is 0.215 e. The number of thiophene rings is 1. The quantitative estimate of drug-likeness (QED) is 0.732. The Morgan fingerprint density at radius 3 is 2.50 bits per heavy atom. The smallest absolute Gasteiger partial charge is 0.215 e. The Kier molecular flexibility index (Phi) is 6.79. The minimum absolute atomic E-state index is 0.306. The fourth-order valence-electron chi connectivity index (χ4n) is 4.42. The summed E-state index contributed by atoms with van der Waals surface area (Å²) in [4.78, 5) is 6.54. The molecule has 0 radical (unpaired) electrons. The van der Waals surface area contributed by atoms with Gasteiger partial charge < -0.3 is 10.1 Å². The maximum absolute atomic E-state index is 13.0. The Morgan fingerprint density at radius 1 is 1.10 bits per heavy atom. The third kappa shape index (κ3) is 4.73. The third-order valence-electron chi connectivity index (χ3n) is 6.25. The van der Waals surface area contributed by atoms with E-state index in [9.17, 15) is 8.42 Å². The first-order valence-corrected chi connectivity index (χ1v) is 12.9. The number of piperazine rings is 1. The van der Waals surface area contributed by atoms with Crippen LogP contribution in [-0.2, 0) is 16.4 Å². The van der Waals surface area contributed by atoms with E-state index in [1.807, 2.05) is 6.07 Å². The predicted molar refractivity (Wildman–Crippen MR) is 120 cm³/mol. The van der Waals surface area contributed by atoms with Crippen LogP contribution in [0.15, 0.2) is 45.5 Å². The number of nitrogens with one attached hydrogen (secondary N) is 1. The average Bonchev–Trinajstić information content (AvgIpc) is 3.25. The van der Waals surface area contributed by atoms with Crippen LogP contribution in [0, 0.1) is 0 Å². The van der Waals surface area contributed by atoms with Crippen LogP contribution in [0.4, 0.5) is 0 Å². The monoisotopic (exact) mass is 449 g/mol. The first kappa shape index (κ1) is 21.8. The zero-order valence-electron chi connectivity index (χ0n) is 17.7. The van der Waals surface area contributed by atoms with E-state index >= 15 is 0 Å². The summed E-state index contributed by atoms with van der Waals surface area (Å²) in [6.45, 7) is 8.56. The topological polar surface area (TPSA) is 61.9 Å². The highest BCUT2D eigenvalue weighted by atomic mass is 32.2. The van der Waals surface area contributed by atoms with Crippen molar-refractivity contribution < 1.29 is 13.2 Å². The van der Waals surface area contributed by atoms with Gasteiger partial charge in [0.25, 0.3) is 0 Å². The van der Waals surface area contributed by atoms with Gasteiger partial charge in [0.1, 0.15) is 9.96 Å². The number of piperidine rings is 1. The summed E-state index contributed by atoms with van der Waals surface area (Å²) < 4.78 is 31.5. The van der Waals surface area contributed by atoms with Crippen molar-refractivity contribution in [3.8, 4) is 5.75 Å². The summed E-state index contributed by atoms with van der Waals surface area (Å²) in [5, 5.41) is 3.45. The highest BCUT2D eigenvalue weighted by molar-refractivity contribution is 7.93. The maximum atomic E-state index is 13.0. The lowest BCUT2D eigenvalue weighted by atomic mass is 10.0. The molecule has 2 aliphatic rings. The molecule has 0 bridgehead atoms. The normalized spacial score (nSPS) is 22.3. The number of hydrogen-bond acceptors (Lipinski definition) is 7. The van der Waals surface area contributed by atoms with Crippen LogP contribution in [0.3, 0.4) is 0 Å². The van der Waals surface area contributed by atoms with Gasteiger partial charge in [0.2, 0.25) is 9.84 Å².